The maximum Gasteiger partial charge on any atom is 0.120 e. The second-order valence-electron chi connectivity index (χ2n) is 5.27. The van der Waals surface area contributed by atoms with E-state index in [0.717, 1.165) is 16.9 Å². The van der Waals surface area contributed by atoms with Gasteiger partial charge in [0, 0.05) is 5.56 Å². The first-order valence-electron chi connectivity index (χ1n) is 7.08. The van der Waals surface area contributed by atoms with Gasteiger partial charge in [-0.25, -0.2) is 0 Å². The summed E-state index contributed by atoms with van der Waals surface area (Å²) in [6.07, 6.45) is 0. The number of aryl methyl sites for hydroxylation is 3. The Labute approximate surface area is 126 Å². The van der Waals surface area contributed by atoms with Crippen molar-refractivity contribution in [2.45, 2.75) is 27.4 Å². The van der Waals surface area contributed by atoms with E-state index >= 15 is 0 Å². The minimum atomic E-state index is 0.379. The van der Waals surface area contributed by atoms with Gasteiger partial charge in [0.2, 0.25) is 0 Å². The zero-order valence-corrected chi connectivity index (χ0v) is 12.9. The van der Waals surface area contributed by atoms with Gasteiger partial charge in [0.05, 0.1) is 6.54 Å². The molecule has 0 aliphatic heterocycles. The molecule has 2 aromatic rings. The quantitative estimate of drug-likeness (QED) is 0.873. The molecule has 0 atom stereocenters. The summed E-state index contributed by atoms with van der Waals surface area (Å²) >= 11 is 0. The third kappa shape index (κ3) is 4.37. The van der Waals surface area contributed by atoms with Crippen LogP contribution in [0.15, 0.2) is 36.4 Å². The van der Waals surface area contributed by atoms with Gasteiger partial charge in [-0.2, -0.15) is 0 Å². The Bertz CT molecular complexity index is 672. The molecule has 0 aromatic heterocycles. The summed E-state index contributed by atoms with van der Waals surface area (Å²) in [6.45, 7) is 7.20. The lowest BCUT2D eigenvalue weighted by Crippen LogP contribution is -1.97. The fraction of sp³-hybridized carbons (Fsp3) is 0.263. The molecule has 2 N–H and O–H groups in total. The second kappa shape index (κ2) is 6.97. The van der Waals surface area contributed by atoms with Gasteiger partial charge in [0.1, 0.15) is 12.4 Å². The van der Waals surface area contributed by atoms with Crippen LogP contribution in [0.2, 0.25) is 0 Å². The lowest BCUT2D eigenvalue weighted by Gasteiger charge is -2.09. The Morgan fingerprint density at radius 2 is 1.71 bits per heavy atom. The molecule has 0 spiro atoms. The number of nitrogens with two attached hydrogens (primary N) is 1. The highest BCUT2D eigenvalue weighted by Crippen LogP contribution is 2.18. The van der Waals surface area contributed by atoms with E-state index in [1.165, 1.54) is 16.7 Å². The Morgan fingerprint density at radius 1 is 1.00 bits per heavy atom. The van der Waals surface area contributed by atoms with Crippen molar-refractivity contribution in [3.63, 3.8) is 0 Å². The first-order chi connectivity index (χ1) is 10.1. The summed E-state index contributed by atoms with van der Waals surface area (Å²) in [5.41, 5.74) is 11.2. The fourth-order valence-corrected chi connectivity index (χ4v) is 2.33. The molecule has 2 heteroatoms. The lowest BCUT2D eigenvalue weighted by molar-refractivity contribution is 0.306. The summed E-state index contributed by atoms with van der Waals surface area (Å²) in [5, 5.41) is 0. The molecule has 0 aliphatic carbocycles. The summed E-state index contributed by atoms with van der Waals surface area (Å²) in [5.74, 6) is 6.80. The van der Waals surface area contributed by atoms with Crippen LogP contribution in [-0.4, -0.2) is 6.54 Å². The van der Waals surface area contributed by atoms with Crippen LogP contribution in [0.4, 0.5) is 0 Å². The van der Waals surface area contributed by atoms with E-state index in [-0.39, 0.29) is 0 Å². The fourth-order valence-electron chi connectivity index (χ4n) is 2.33. The van der Waals surface area contributed by atoms with Crippen molar-refractivity contribution >= 4 is 0 Å². The Balaban J connectivity index is 2.08. The zero-order chi connectivity index (χ0) is 15.2. The monoisotopic (exact) mass is 279 g/mol. The zero-order valence-electron chi connectivity index (χ0n) is 12.9. The molecule has 2 nitrogen and oxygen atoms in total. The van der Waals surface area contributed by atoms with Crippen LogP contribution in [0.25, 0.3) is 0 Å². The normalized spacial score (nSPS) is 9.90. The molecular weight excluding hydrogens is 258 g/mol. The van der Waals surface area contributed by atoms with Crippen molar-refractivity contribution in [3.05, 3.63) is 64.2 Å². The highest BCUT2D eigenvalue weighted by molar-refractivity contribution is 5.45. The van der Waals surface area contributed by atoms with Crippen molar-refractivity contribution in [3.8, 4) is 17.6 Å². The van der Waals surface area contributed by atoms with Gasteiger partial charge in [0.25, 0.3) is 0 Å². The molecule has 21 heavy (non-hydrogen) atoms. The number of hydrogen-bond donors (Lipinski definition) is 1. The average molecular weight is 279 g/mol. The van der Waals surface area contributed by atoms with Crippen molar-refractivity contribution in [2.24, 2.45) is 5.73 Å². The summed E-state index contributed by atoms with van der Waals surface area (Å²) in [4.78, 5) is 0. The minimum Gasteiger partial charge on any atom is -0.489 e. The average Bonchev–Trinajstić information content (AvgIpc) is 2.43. The van der Waals surface area contributed by atoms with Gasteiger partial charge in [-0.15, -0.1) is 0 Å². The van der Waals surface area contributed by atoms with Crippen LogP contribution in [0, 0.1) is 32.6 Å². The van der Waals surface area contributed by atoms with Crippen molar-refractivity contribution in [1.82, 2.24) is 0 Å². The number of ether oxygens (including phenoxy) is 1. The molecule has 2 aromatic carbocycles. The van der Waals surface area contributed by atoms with Crippen LogP contribution < -0.4 is 10.5 Å². The van der Waals surface area contributed by atoms with E-state index in [2.05, 4.69) is 43.9 Å². The number of benzene rings is 2. The van der Waals surface area contributed by atoms with Gasteiger partial charge < -0.3 is 10.5 Å². The molecular formula is C19H21NO. The molecule has 108 valence electrons. The van der Waals surface area contributed by atoms with Crippen molar-refractivity contribution in [1.29, 1.82) is 0 Å². The molecule has 0 saturated heterocycles. The van der Waals surface area contributed by atoms with Crippen molar-refractivity contribution < 1.29 is 4.74 Å². The first kappa shape index (κ1) is 15.2. The Morgan fingerprint density at radius 3 is 2.33 bits per heavy atom. The van der Waals surface area contributed by atoms with Gasteiger partial charge in [-0.1, -0.05) is 41.2 Å². The van der Waals surface area contributed by atoms with Crippen LogP contribution in [0.1, 0.15) is 27.8 Å². The van der Waals surface area contributed by atoms with Crippen LogP contribution in [0.3, 0.4) is 0 Å². The van der Waals surface area contributed by atoms with E-state index in [9.17, 15) is 0 Å². The third-order valence-electron chi connectivity index (χ3n) is 3.21. The van der Waals surface area contributed by atoms with E-state index in [1.54, 1.807) is 0 Å². The van der Waals surface area contributed by atoms with Gasteiger partial charge in [-0.3, -0.25) is 0 Å². The molecule has 0 amide bonds. The third-order valence-corrected chi connectivity index (χ3v) is 3.21. The van der Waals surface area contributed by atoms with E-state index < -0.39 is 0 Å². The SMILES string of the molecule is Cc1cc(C)cc(COc2ccc(C#CCN)c(C)c2)c1. The number of hydrogen-bond acceptors (Lipinski definition) is 2. The molecule has 0 radical (unpaired) electrons. The number of rotatable bonds is 3. The molecule has 0 heterocycles. The molecule has 0 bridgehead atoms. The van der Waals surface area contributed by atoms with Crippen LogP contribution in [0.5, 0.6) is 5.75 Å². The van der Waals surface area contributed by atoms with Crippen molar-refractivity contribution in [2.75, 3.05) is 6.54 Å². The maximum absolute atomic E-state index is 5.87. The molecule has 2 rings (SSSR count). The minimum absolute atomic E-state index is 0.379. The van der Waals surface area contributed by atoms with Gasteiger partial charge in [-0.05, 0) is 50.1 Å². The summed E-state index contributed by atoms with van der Waals surface area (Å²) < 4.78 is 5.87. The van der Waals surface area contributed by atoms with E-state index in [1.807, 2.05) is 25.1 Å². The summed E-state index contributed by atoms with van der Waals surface area (Å²) in [7, 11) is 0. The molecule has 0 aliphatic rings. The highest BCUT2D eigenvalue weighted by atomic mass is 16.5. The summed E-state index contributed by atoms with van der Waals surface area (Å²) in [6, 6.07) is 12.4. The Hall–Kier alpha value is -2.24. The van der Waals surface area contributed by atoms with Gasteiger partial charge >= 0.3 is 0 Å². The van der Waals surface area contributed by atoms with Gasteiger partial charge in [0.15, 0.2) is 0 Å². The molecule has 0 saturated carbocycles. The second-order valence-corrected chi connectivity index (χ2v) is 5.27. The molecule has 0 unspecified atom stereocenters. The Kier molecular flexibility index (Phi) is 5.03. The topological polar surface area (TPSA) is 35.2 Å². The van der Waals surface area contributed by atoms with E-state index in [0.29, 0.717) is 13.2 Å². The predicted octanol–water partition coefficient (Wildman–Crippen LogP) is 3.50. The lowest BCUT2D eigenvalue weighted by atomic mass is 10.1. The van der Waals surface area contributed by atoms with E-state index in [4.69, 9.17) is 10.5 Å². The van der Waals surface area contributed by atoms with Crippen LogP contribution >= 0.6 is 0 Å². The maximum atomic E-state index is 5.87. The highest BCUT2D eigenvalue weighted by Gasteiger charge is 2.01. The van der Waals surface area contributed by atoms with Crippen LogP contribution in [-0.2, 0) is 6.61 Å². The largest absolute Gasteiger partial charge is 0.489 e. The smallest absolute Gasteiger partial charge is 0.120 e. The molecule has 0 fully saturated rings. The first-order valence-corrected chi connectivity index (χ1v) is 7.08. The predicted molar refractivity (Wildman–Crippen MR) is 87.4 cm³/mol. The standard InChI is InChI=1S/C19H21NO/c1-14-9-15(2)11-17(10-14)13-21-19-7-6-18(5-4-8-20)16(3)12-19/h6-7,9-12H,8,13,20H2,1-3H3.